The number of carbonyl (C=O) groups is 1. The maximum absolute atomic E-state index is 13.5. The molecule has 8 nitrogen and oxygen atoms in total. The van der Waals surface area contributed by atoms with Crippen LogP contribution in [0.3, 0.4) is 0 Å². The first kappa shape index (κ1) is 21.1. The molecule has 32 heavy (non-hydrogen) atoms. The average molecular weight is 453 g/mol. The van der Waals surface area contributed by atoms with Crippen molar-refractivity contribution in [1.29, 1.82) is 5.26 Å². The summed E-state index contributed by atoms with van der Waals surface area (Å²) in [5, 5.41) is 20.8. The van der Waals surface area contributed by atoms with Crippen LogP contribution in [-0.2, 0) is 6.54 Å². The Balaban J connectivity index is 1.89. The number of pyridine rings is 1. The molecule has 0 saturated carbocycles. The van der Waals surface area contributed by atoms with Gasteiger partial charge in [0.05, 0.1) is 29.0 Å². The van der Waals surface area contributed by atoms with E-state index in [1.165, 1.54) is 22.9 Å². The number of rotatable bonds is 6. The van der Waals surface area contributed by atoms with Crippen LogP contribution in [0.5, 0.6) is 0 Å². The lowest BCUT2D eigenvalue weighted by Crippen LogP contribution is -2.16. The average Bonchev–Trinajstić information content (AvgIpc) is 3.24. The predicted octanol–water partition coefficient (Wildman–Crippen LogP) is 3.77. The maximum Gasteiger partial charge on any atom is 0.268 e. The second kappa shape index (κ2) is 8.56. The lowest BCUT2D eigenvalue weighted by atomic mass is 10.0. The van der Waals surface area contributed by atoms with Crippen LogP contribution in [0.1, 0.15) is 16.1 Å². The van der Waals surface area contributed by atoms with E-state index < -0.39 is 18.4 Å². The second-order valence-electron chi connectivity index (χ2n) is 6.64. The second-order valence-corrected chi connectivity index (χ2v) is 7.05. The summed E-state index contributed by atoms with van der Waals surface area (Å²) in [6.45, 7) is -0.530. The number of nitrogens with two attached hydrogens (primary N) is 1. The molecule has 4 rings (SSSR count). The summed E-state index contributed by atoms with van der Waals surface area (Å²) in [6.07, 6.45) is 1.55. The Kier molecular flexibility index (Phi) is 5.66. The molecule has 159 valence electrons. The van der Waals surface area contributed by atoms with Gasteiger partial charge in [0.25, 0.3) is 5.91 Å². The molecule has 0 atom stereocenters. The zero-order chi connectivity index (χ0) is 22.8. The van der Waals surface area contributed by atoms with Crippen LogP contribution in [0.2, 0.25) is 5.02 Å². The van der Waals surface area contributed by atoms with Crippen LogP contribution < -0.4 is 11.1 Å². The van der Waals surface area contributed by atoms with Gasteiger partial charge in [0, 0.05) is 16.6 Å². The molecule has 2 aromatic heterocycles. The van der Waals surface area contributed by atoms with Gasteiger partial charge in [-0.2, -0.15) is 5.26 Å². The molecule has 0 fully saturated rings. The van der Waals surface area contributed by atoms with E-state index in [0.29, 0.717) is 27.8 Å². The molecule has 11 heteroatoms. The minimum Gasteiger partial charge on any atom is -0.364 e. The van der Waals surface area contributed by atoms with E-state index in [1.54, 1.807) is 18.3 Å². The lowest BCUT2D eigenvalue weighted by Gasteiger charge is -2.14. The fraction of sp³-hybridized carbons (Fsp3) is 0.0952. The summed E-state index contributed by atoms with van der Waals surface area (Å²) in [7, 11) is 0. The maximum atomic E-state index is 13.5. The van der Waals surface area contributed by atoms with Gasteiger partial charge in [0.1, 0.15) is 35.5 Å². The van der Waals surface area contributed by atoms with Crippen LogP contribution >= 0.6 is 11.6 Å². The van der Waals surface area contributed by atoms with Crippen molar-refractivity contribution in [2.24, 2.45) is 5.73 Å². The normalized spacial score (nSPS) is 10.8. The molecule has 0 saturated heterocycles. The SMILES string of the molecule is N#Cc1c(C(N)=O)nc2cc(-c3cn(CCF)nn3)[c]cc2c1Nc1ccc(F)c(Cl)c1. The minimum absolute atomic E-state index is 0.0600. The van der Waals surface area contributed by atoms with Crippen molar-refractivity contribution < 1.29 is 13.6 Å². The number of halogens is 3. The van der Waals surface area contributed by atoms with Gasteiger partial charge in [-0.05, 0) is 36.4 Å². The van der Waals surface area contributed by atoms with Gasteiger partial charge < -0.3 is 11.1 Å². The van der Waals surface area contributed by atoms with Crippen molar-refractivity contribution in [2.75, 3.05) is 12.0 Å². The first-order chi connectivity index (χ1) is 15.4. The molecule has 0 bridgehead atoms. The van der Waals surface area contributed by atoms with Gasteiger partial charge in [-0.3, -0.25) is 4.79 Å². The summed E-state index contributed by atoms with van der Waals surface area (Å²) >= 11 is 5.86. The molecule has 3 N–H and O–H groups in total. The first-order valence-corrected chi connectivity index (χ1v) is 9.57. The molecule has 1 amide bonds. The van der Waals surface area contributed by atoms with Crippen molar-refractivity contribution in [3.8, 4) is 17.3 Å². The largest absolute Gasteiger partial charge is 0.364 e. The number of anilines is 2. The third-order valence-electron chi connectivity index (χ3n) is 4.58. The van der Waals surface area contributed by atoms with Crippen molar-refractivity contribution in [1.82, 2.24) is 20.0 Å². The molecule has 0 aliphatic rings. The van der Waals surface area contributed by atoms with Gasteiger partial charge in [-0.25, -0.2) is 18.4 Å². The van der Waals surface area contributed by atoms with Crippen molar-refractivity contribution in [3.05, 3.63) is 64.7 Å². The monoisotopic (exact) mass is 452 g/mol. The van der Waals surface area contributed by atoms with Crippen molar-refractivity contribution in [2.45, 2.75) is 6.54 Å². The summed E-state index contributed by atoms with van der Waals surface area (Å²) < 4.78 is 27.4. The Hall–Kier alpha value is -4.10. The number of alkyl halides is 1. The fourth-order valence-corrected chi connectivity index (χ4v) is 3.28. The minimum atomic E-state index is -0.896. The number of nitriles is 1. The number of aryl methyl sites for hydroxylation is 1. The fourth-order valence-electron chi connectivity index (χ4n) is 3.10. The van der Waals surface area contributed by atoms with E-state index in [1.807, 2.05) is 6.07 Å². The van der Waals surface area contributed by atoms with E-state index in [-0.39, 0.29) is 28.5 Å². The highest BCUT2D eigenvalue weighted by Gasteiger charge is 2.20. The number of aromatic nitrogens is 4. The zero-order valence-corrected chi connectivity index (χ0v) is 17.0. The third kappa shape index (κ3) is 3.93. The van der Waals surface area contributed by atoms with Crippen molar-refractivity contribution >= 4 is 39.8 Å². The lowest BCUT2D eigenvalue weighted by molar-refractivity contribution is 0.0995. The van der Waals surface area contributed by atoms with E-state index in [2.05, 4.69) is 26.7 Å². The van der Waals surface area contributed by atoms with Gasteiger partial charge in [-0.1, -0.05) is 16.8 Å². The summed E-state index contributed by atoms with van der Waals surface area (Å²) in [5.74, 6) is -1.50. The number of carbonyl (C=O) groups excluding carboxylic acids is 1. The Morgan fingerprint density at radius 1 is 1.38 bits per heavy atom. The quantitative estimate of drug-likeness (QED) is 0.459. The van der Waals surface area contributed by atoms with Crippen LogP contribution in [0.4, 0.5) is 20.2 Å². The molecule has 4 aromatic rings. The Bertz CT molecular complexity index is 1400. The molecule has 0 unspecified atom stereocenters. The summed E-state index contributed by atoms with van der Waals surface area (Å²) in [5.41, 5.74) is 6.98. The highest BCUT2D eigenvalue weighted by molar-refractivity contribution is 6.31. The number of hydrogen-bond donors (Lipinski definition) is 2. The van der Waals surface area contributed by atoms with E-state index in [9.17, 15) is 18.8 Å². The number of benzene rings is 2. The van der Waals surface area contributed by atoms with E-state index >= 15 is 0 Å². The van der Waals surface area contributed by atoms with Gasteiger partial charge in [-0.15, -0.1) is 5.10 Å². The Morgan fingerprint density at radius 2 is 2.19 bits per heavy atom. The molecule has 0 spiro atoms. The highest BCUT2D eigenvalue weighted by Crippen LogP contribution is 2.33. The molecule has 1 radical (unpaired) electrons. The number of hydrogen-bond acceptors (Lipinski definition) is 6. The number of nitrogens with one attached hydrogen (secondary N) is 1. The number of primary amides is 1. The van der Waals surface area contributed by atoms with Gasteiger partial charge in [0.15, 0.2) is 0 Å². The predicted molar refractivity (Wildman–Crippen MR) is 113 cm³/mol. The van der Waals surface area contributed by atoms with Crippen LogP contribution in [0, 0.1) is 23.2 Å². The first-order valence-electron chi connectivity index (χ1n) is 9.19. The summed E-state index contributed by atoms with van der Waals surface area (Å²) in [4.78, 5) is 16.2. The van der Waals surface area contributed by atoms with Crippen LogP contribution in [0.25, 0.3) is 22.2 Å². The standard InChI is InChI=1S/C21H13ClF2N7O/c22-15-8-12(2-4-16(15)24)27-19-13-3-1-11(18-10-31(6-5-23)30-29-18)7-17(13)28-20(21(26)32)14(19)9-25/h2-4,7-8,10H,5-6H2,(H2,26,32)(H,27,28). The molecule has 0 aliphatic carbocycles. The number of amides is 1. The van der Waals surface area contributed by atoms with E-state index in [0.717, 1.165) is 0 Å². The molecular formula is C21H13ClF2N7O. The Morgan fingerprint density at radius 3 is 2.88 bits per heavy atom. The smallest absolute Gasteiger partial charge is 0.268 e. The van der Waals surface area contributed by atoms with Crippen molar-refractivity contribution in [3.63, 3.8) is 0 Å². The van der Waals surface area contributed by atoms with E-state index in [4.69, 9.17) is 17.3 Å². The van der Waals surface area contributed by atoms with Crippen LogP contribution in [0.15, 0.2) is 36.5 Å². The zero-order valence-electron chi connectivity index (χ0n) is 16.2. The number of fused-ring (bicyclic) bond motifs is 1. The topological polar surface area (TPSA) is 123 Å². The molecule has 2 aromatic carbocycles. The highest BCUT2D eigenvalue weighted by atomic mass is 35.5. The third-order valence-corrected chi connectivity index (χ3v) is 4.87. The summed E-state index contributed by atoms with van der Waals surface area (Å²) in [6, 6.07) is 12.1. The molecular weight excluding hydrogens is 440 g/mol. The molecule has 0 aliphatic heterocycles. The molecule has 2 heterocycles. The Labute approximate surface area is 185 Å². The van der Waals surface area contributed by atoms with Gasteiger partial charge >= 0.3 is 0 Å². The van der Waals surface area contributed by atoms with Crippen LogP contribution in [-0.4, -0.2) is 32.6 Å². The van der Waals surface area contributed by atoms with Gasteiger partial charge in [0.2, 0.25) is 0 Å². The number of nitrogens with zero attached hydrogens (tertiary/aromatic N) is 5.